The van der Waals surface area contributed by atoms with Crippen molar-refractivity contribution >= 4 is 11.9 Å². The highest BCUT2D eigenvalue weighted by Crippen LogP contribution is 2.25. The number of rotatable bonds is 10. The van der Waals surface area contributed by atoms with Gasteiger partial charge in [0.05, 0.1) is 31.5 Å². The fraction of sp³-hybridized carbons (Fsp3) is 0.400. The van der Waals surface area contributed by atoms with Crippen LogP contribution in [0, 0.1) is 0 Å². The zero-order valence-electron chi connectivity index (χ0n) is 16.4. The lowest BCUT2D eigenvalue weighted by Gasteiger charge is -2.06. The topological polar surface area (TPSA) is 119 Å². The Kier molecular flexibility index (Phi) is 8.19. The second-order valence-corrected chi connectivity index (χ2v) is 6.49. The maximum Gasteiger partial charge on any atom is 0.337 e. The van der Waals surface area contributed by atoms with Crippen LogP contribution in [0.15, 0.2) is 34.7 Å². The minimum atomic E-state index is -0.541. The van der Waals surface area contributed by atoms with E-state index >= 15 is 0 Å². The second kappa shape index (κ2) is 10.6. The Bertz CT molecular complexity index is 765. The average Bonchev–Trinajstić information content (AvgIpc) is 3.17. The number of ether oxygens (including phenoxy) is 2. The van der Waals surface area contributed by atoms with Crippen molar-refractivity contribution in [3.63, 3.8) is 0 Å². The van der Waals surface area contributed by atoms with Crippen LogP contribution in [0.25, 0.3) is 11.3 Å². The van der Waals surface area contributed by atoms with Crippen LogP contribution in [-0.4, -0.2) is 57.0 Å². The van der Waals surface area contributed by atoms with E-state index in [4.69, 9.17) is 13.9 Å². The number of nitrogens with two attached hydrogens (primary N) is 2. The summed E-state index contributed by atoms with van der Waals surface area (Å²) in [6.45, 7) is 4.93. The number of carbonyl (C=O) groups is 2. The van der Waals surface area contributed by atoms with E-state index in [0.717, 1.165) is 18.8 Å². The molecule has 0 aliphatic rings. The minimum Gasteiger partial charge on any atom is -0.465 e. The Labute approximate surface area is 163 Å². The molecule has 8 heteroatoms. The number of aliphatic hydroxyl groups excluding tert-OH is 1. The fourth-order valence-corrected chi connectivity index (χ4v) is 2.72. The molecule has 0 spiro atoms. The van der Waals surface area contributed by atoms with Gasteiger partial charge in [0.15, 0.2) is 5.76 Å². The largest absolute Gasteiger partial charge is 0.465 e. The molecule has 2 rings (SSSR count). The van der Waals surface area contributed by atoms with Crippen LogP contribution in [-0.2, 0) is 16.0 Å². The molecular formula is C20H28N2O6+2. The first-order valence-corrected chi connectivity index (χ1v) is 9.16. The molecule has 1 aromatic carbocycles. The first-order valence-electron chi connectivity index (χ1n) is 9.16. The van der Waals surface area contributed by atoms with Crippen LogP contribution in [0.2, 0.25) is 0 Å². The Morgan fingerprint density at radius 3 is 2.21 bits per heavy atom. The molecule has 1 heterocycles. The number of esters is 2. The van der Waals surface area contributed by atoms with Gasteiger partial charge in [-0.1, -0.05) is 0 Å². The van der Waals surface area contributed by atoms with Crippen molar-refractivity contribution in [1.82, 2.24) is 0 Å². The fourth-order valence-electron chi connectivity index (χ4n) is 2.72. The molecule has 0 amide bonds. The van der Waals surface area contributed by atoms with Crippen molar-refractivity contribution in [2.24, 2.45) is 0 Å². The maximum atomic E-state index is 11.9. The van der Waals surface area contributed by atoms with Gasteiger partial charge in [-0.15, -0.1) is 0 Å². The predicted octanol–water partition coefficient (Wildman–Crippen LogP) is -0.473. The highest BCUT2D eigenvalue weighted by Gasteiger charge is 2.16. The highest BCUT2D eigenvalue weighted by molar-refractivity contribution is 5.97. The smallest absolute Gasteiger partial charge is 0.337 e. The molecule has 0 radical (unpaired) electrons. The maximum absolute atomic E-state index is 11.9. The van der Waals surface area contributed by atoms with Crippen LogP contribution < -0.4 is 10.6 Å². The van der Waals surface area contributed by atoms with E-state index in [1.807, 2.05) is 6.07 Å². The van der Waals surface area contributed by atoms with E-state index in [2.05, 4.69) is 10.6 Å². The van der Waals surface area contributed by atoms with Crippen LogP contribution in [0.4, 0.5) is 0 Å². The third-order valence-corrected chi connectivity index (χ3v) is 4.15. The number of hydrogen-bond donors (Lipinski definition) is 3. The molecule has 2 aromatic rings. The van der Waals surface area contributed by atoms with Gasteiger partial charge in [0.25, 0.3) is 0 Å². The quantitative estimate of drug-likeness (QED) is 0.371. The summed E-state index contributed by atoms with van der Waals surface area (Å²) in [4.78, 5) is 23.8. The molecule has 1 aromatic heterocycles. The third kappa shape index (κ3) is 6.19. The molecule has 28 heavy (non-hydrogen) atoms. The van der Waals surface area contributed by atoms with Gasteiger partial charge in [0.1, 0.15) is 31.9 Å². The van der Waals surface area contributed by atoms with Gasteiger partial charge in [-0.25, -0.2) is 9.59 Å². The van der Waals surface area contributed by atoms with Crippen molar-refractivity contribution < 1.29 is 39.2 Å². The zero-order valence-corrected chi connectivity index (χ0v) is 16.4. The molecule has 0 bridgehead atoms. The van der Waals surface area contributed by atoms with Gasteiger partial charge in [-0.2, -0.15) is 0 Å². The lowest BCUT2D eigenvalue weighted by molar-refractivity contribution is -0.733. The summed E-state index contributed by atoms with van der Waals surface area (Å²) in [5, 5.41) is 13.4. The molecule has 5 N–H and O–H groups in total. The van der Waals surface area contributed by atoms with Gasteiger partial charge < -0.3 is 29.6 Å². The van der Waals surface area contributed by atoms with Gasteiger partial charge >= 0.3 is 11.9 Å². The number of carbonyl (C=O) groups excluding carboxylic acids is 2. The minimum absolute atomic E-state index is 0.249. The van der Waals surface area contributed by atoms with E-state index in [1.165, 1.54) is 20.3 Å². The van der Waals surface area contributed by atoms with Crippen LogP contribution >= 0.6 is 0 Å². The number of benzene rings is 1. The molecule has 1 atom stereocenters. The SMILES string of the molecule is COC(=O)c1cc(C(=O)OC)cc(-c2ccc(C[NH2+]CC[NH2+]C[C@@H](C)O)o2)c1. The summed E-state index contributed by atoms with van der Waals surface area (Å²) < 4.78 is 15.4. The van der Waals surface area contributed by atoms with E-state index in [-0.39, 0.29) is 17.2 Å². The zero-order chi connectivity index (χ0) is 20.5. The normalized spacial score (nSPS) is 11.9. The molecular weight excluding hydrogens is 364 g/mol. The van der Waals surface area contributed by atoms with Crippen LogP contribution in [0.1, 0.15) is 33.4 Å². The number of quaternary nitrogens is 2. The van der Waals surface area contributed by atoms with E-state index in [9.17, 15) is 14.7 Å². The number of furan rings is 1. The molecule has 0 saturated carbocycles. The van der Waals surface area contributed by atoms with E-state index in [1.54, 1.807) is 25.1 Å². The van der Waals surface area contributed by atoms with Crippen molar-refractivity contribution in [3.05, 3.63) is 47.2 Å². The second-order valence-electron chi connectivity index (χ2n) is 6.49. The molecule has 152 valence electrons. The standard InChI is InChI=1S/C20H26N2O6/c1-13(23)11-21-6-7-22-12-17-4-5-18(28-17)14-8-15(19(24)26-2)10-16(9-14)20(25)27-3/h4-5,8-10,13,21-23H,6-7,11-12H2,1-3H3/p+2/t13-/m1/s1. The first-order chi connectivity index (χ1) is 13.4. The summed E-state index contributed by atoms with van der Waals surface area (Å²) in [6, 6.07) is 8.35. The number of aliphatic hydroxyl groups is 1. The Morgan fingerprint density at radius 1 is 1.04 bits per heavy atom. The predicted molar refractivity (Wildman–Crippen MR) is 101 cm³/mol. The third-order valence-electron chi connectivity index (χ3n) is 4.15. The average molecular weight is 392 g/mol. The van der Waals surface area contributed by atoms with Crippen LogP contribution in [0.5, 0.6) is 0 Å². The van der Waals surface area contributed by atoms with Crippen molar-refractivity contribution in [2.75, 3.05) is 33.9 Å². The molecule has 0 aliphatic carbocycles. The Hall–Kier alpha value is -2.68. The molecule has 0 saturated heterocycles. The number of methoxy groups -OCH3 is 2. The summed E-state index contributed by atoms with van der Waals surface area (Å²) >= 11 is 0. The summed E-state index contributed by atoms with van der Waals surface area (Å²) in [7, 11) is 2.57. The lowest BCUT2D eigenvalue weighted by atomic mass is 10.0. The Morgan fingerprint density at radius 2 is 1.64 bits per heavy atom. The number of hydrogen-bond acceptors (Lipinski definition) is 6. The lowest BCUT2D eigenvalue weighted by Crippen LogP contribution is -2.95. The molecule has 8 nitrogen and oxygen atoms in total. The van der Waals surface area contributed by atoms with Crippen LogP contribution in [0.3, 0.4) is 0 Å². The van der Waals surface area contributed by atoms with E-state index < -0.39 is 11.9 Å². The monoisotopic (exact) mass is 392 g/mol. The van der Waals surface area contributed by atoms with Gasteiger partial charge in [-0.05, 0) is 37.3 Å². The van der Waals surface area contributed by atoms with Crippen molar-refractivity contribution in [3.8, 4) is 11.3 Å². The van der Waals surface area contributed by atoms with Gasteiger partial charge in [0.2, 0.25) is 0 Å². The van der Waals surface area contributed by atoms with E-state index in [0.29, 0.717) is 24.4 Å². The van der Waals surface area contributed by atoms with Crippen molar-refractivity contribution in [2.45, 2.75) is 19.6 Å². The molecule has 0 aliphatic heterocycles. The Balaban J connectivity index is 2.06. The summed E-state index contributed by atoms with van der Waals surface area (Å²) in [5.74, 6) is 0.259. The van der Waals surface area contributed by atoms with Crippen molar-refractivity contribution in [1.29, 1.82) is 0 Å². The molecule has 0 fully saturated rings. The first kappa shape index (κ1) is 21.6. The summed E-state index contributed by atoms with van der Waals surface area (Å²) in [6.07, 6.45) is -0.303. The van der Waals surface area contributed by atoms with Gasteiger partial charge in [0, 0.05) is 5.56 Å². The highest BCUT2D eigenvalue weighted by atomic mass is 16.5. The summed E-state index contributed by atoms with van der Waals surface area (Å²) in [5.41, 5.74) is 1.09. The van der Waals surface area contributed by atoms with Gasteiger partial charge in [-0.3, -0.25) is 0 Å². The molecule has 0 unspecified atom stereocenters.